The fourth-order valence-electron chi connectivity index (χ4n) is 1.53. The van der Waals surface area contributed by atoms with Gasteiger partial charge in [-0.1, -0.05) is 0 Å². The Labute approximate surface area is 75.3 Å². The number of H-pyrrole nitrogens is 1. The molecule has 70 valence electrons. The van der Waals surface area contributed by atoms with Crippen LogP contribution >= 0.6 is 0 Å². The van der Waals surface area contributed by atoms with Gasteiger partial charge in [0.2, 0.25) is 0 Å². The lowest BCUT2D eigenvalue weighted by Gasteiger charge is -2.16. The number of nitrogen functional groups attached to an aromatic ring is 1. The van der Waals surface area contributed by atoms with Crippen molar-refractivity contribution >= 4 is 16.9 Å². The average molecular weight is 180 g/mol. The third-order valence-corrected chi connectivity index (χ3v) is 1.98. The molecule has 2 heterocycles. The van der Waals surface area contributed by atoms with Crippen LogP contribution in [0.1, 0.15) is 0 Å². The summed E-state index contributed by atoms with van der Waals surface area (Å²) in [5.74, 6) is 0.798. The summed E-state index contributed by atoms with van der Waals surface area (Å²) in [7, 11) is 3.78. The first-order chi connectivity index (χ1) is 6.09. The number of nitrogens with two attached hydrogens (primary N) is 1. The SMILES string of the molecule is CN(C)n1c(N)cc2[nH]c(O)cc21. The summed E-state index contributed by atoms with van der Waals surface area (Å²) in [6.07, 6.45) is 0. The maximum Gasteiger partial charge on any atom is 0.190 e. The molecule has 0 unspecified atom stereocenters. The number of aromatic hydroxyl groups is 1. The number of aromatic nitrogens is 2. The Hall–Kier alpha value is -1.78. The topological polar surface area (TPSA) is 70.2 Å². The third-order valence-electron chi connectivity index (χ3n) is 1.98. The lowest BCUT2D eigenvalue weighted by Crippen LogP contribution is -2.25. The van der Waals surface area contributed by atoms with Crippen molar-refractivity contribution in [2.24, 2.45) is 0 Å². The Bertz CT molecular complexity index is 440. The number of anilines is 1. The molecule has 0 atom stereocenters. The van der Waals surface area contributed by atoms with E-state index in [-0.39, 0.29) is 5.88 Å². The van der Waals surface area contributed by atoms with E-state index < -0.39 is 0 Å². The van der Waals surface area contributed by atoms with E-state index >= 15 is 0 Å². The molecule has 4 N–H and O–H groups in total. The highest BCUT2D eigenvalue weighted by molar-refractivity contribution is 5.83. The molecule has 0 amide bonds. The van der Waals surface area contributed by atoms with Gasteiger partial charge in [0.25, 0.3) is 0 Å². The van der Waals surface area contributed by atoms with Gasteiger partial charge in [0.1, 0.15) is 5.82 Å². The number of nitrogens with zero attached hydrogens (tertiary/aromatic N) is 2. The molecular weight excluding hydrogens is 168 g/mol. The zero-order valence-corrected chi connectivity index (χ0v) is 7.57. The summed E-state index contributed by atoms with van der Waals surface area (Å²) in [6.45, 7) is 0. The average Bonchev–Trinajstić information content (AvgIpc) is 2.41. The van der Waals surface area contributed by atoms with Crippen LogP contribution in [0, 0.1) is 0 Å². The molecule has 0 saturated heterocycles. The molecule has 0 spiro atoms. The van der Waals surface area contributed by atoms with Crippen LogP contribution in [0.15, 0.2) is 12.1 Å². The molecule has 13 heavy (non-hydrogen) atoms. The van der Waals surface area contributed by atoms with Crippen LogP contribution in [0.4, 0.5) is 5.82 Å². The molecule has 0 aromatic carbocycles. The summed E-state index contributed by atoms with van der Waals surface area (Å²) < 4.78 is 1.81. The quantitative estimate of drug-likeness (QED) is 0.597. The Morgan fingerprint density at radius 1 is 1.46 bits per heavy atom. The Kier molecular flexibility index (Phi) is 1.42. The summed E-state index contributed by atoms with van der Waals surface area (Å²) in [5, 5.41) is 11.1. The van der Waals surface area contributed by atoms with Crippen LogP contribution in [0.25, 0.3) is 11.0 Å². The fourth-order valence-corrected chi connectivity index (χ4v) is 1.53. The summed E-state index contributed by atoms with van der Waals surface area (Å²) in [5.41, 5.74) is 7.48. The first kappa shape index (κ1) is 7.85. The highest BCUT2D eigenvalue weighted by Crippen LogP contribution is 2.24. The van der Waals surface area contributed by atoms with Crippen LogP contribution in [0.2, 0.25) is 0 Å². The Balaban J connectivity index is 2.75. The fraction of sp³-hybridized carbons (Fsp3) is 0.250. The largest absolute Gasteiger partial charge is 0.495 e. The summed E-state index contributed by atoms with van der Waals surface area (Å²) in [6, 6.07) is 3.43. The minimum atomic E-state index is 0.153. The van der Waals surface area contributed by atoms with Gasteiger partial charge >= 0.3 is 0 Å². The van der Waals surface area contributed by atoms with Crippen LogP contribution in [0.3, 0.4) is 0 Å². The lowest BCUT2D eigenvalue weighted by atomic mass is 10.5. The molecule has 0 aliphatic carbocycles. The van der Waals surface area contributed by atoms with Crippen molar-refractivity contribution in [2.75, 3.05) is 24.8 Å². The molecule has 0 fully saturated rings. The van der Waals surface area contributed by atoms with Crippen molar-refractivity contribution < 1.29 is 5.11 Å². The minimum absolute atomic E-state index is 0.153. The van der Waals surface area contributed by atoms with Crippen molar-refractivity contribution in [3.8, 4) is 5.88 Å². The van der Waals surface area contributed by atoms with Gasteiger partial charge in [0.05, 0.1) is 11.0 Å². The molecule has 5 heteroatoms. The van der Waals surface area contributed by atoms with E-state index in [2.05, 4.69) is 4.98 Å². The zero-order valence-electron chi connectivity index (χ0n) is 7.57. The van der Waals surface area contributed by atoms with E-state index in [1.807, 2.05) is 23.8 Å². The highest BCUT2D eigenvalue weighted by atomic mass is 16.3. The van der Waals surface area contributed by atoms with E-state index in [0.29, 0.717) is 5.82 Å². The van der Waals surface area contributed by atoms with Crippen molar-refractivity contribution in [1.29, 1.82) is 0 Å². The lowest BCUT2D eigenvalue weighted by molar-refractivity contribution is 0.458. The number of hydrogen-bond acceptors (Lipinski definition) is 3. The molecular formula is C8H12N4O. The maximum absolute atomic E-state index is 9.21. The number of aromatic amines is 1. The second-order valence-electron chi connectivity index (χ2n) is 3.18. The van der Waals surface area contributed by atoms with E-state index in [9.17, 15) is 5.11 Å². The number of hydrogen-bond donors (Lipinski definition) is 3. The standard InChI is InChI=1S/C8H12N4O/c1-11(2)12-6-4-8(13)10-5(6)3-7(12)9/h3-4,10,13H,9H2,1-2H3. The number of nitrogens with one attached hydrogen (secondary N) is 1. The second kappa shape index (κ2) is 2.35. The number of fused-ring (bicyclic) bond motifs is 1. The van der Waals surface area contributed by atoms with Crippen LogP contribution < -0.4 is 10.7 Å². The van der Waals surface area contributed by atoms with Crippen molar-refractivity contribution in [3.05, 3.63) is 12.1 Å². The minimum Gasteiger partial charge on any atom is -0.495 e. The maximum atomic E-state index is 9.21. The molecule has 2 aromatic heterocycles. The van der Waals surface area contributed by atoms with Crippen molar-refractivity contribution in [3.63, 3.8) is 0 Å². The summed E-state index contributed by atoms with van der Waals surface area (Å²) >= 11 is 0. The molecule has 0 saturated carbocycles. The third kappa shape index (κ3) is 1.00. The zero-order chi connectivity index (χ0) is 9.59. The summed E-state index contributed by atoms with van der Waals surface area (Å²) in [4.78, 5) is 2.80. The first-order valence-electron chi connectivity index (χ1n) is 3.96. The smallest absolute Gasteiger partial charge is 0.190 e. The molecule has 0 aliphatic rings. The monoisotopic (exact) mass is 180 g/mol. The van der Waals surface area contributed by atoms with Gasteiger partial charge in [-0.2, -0.15) is 0 Å². The van der Waals surface area contributed by atoms with Gasteiger partial charge in [0.15, 0.2) is 5.88 Å². The molecule has 0 aliphatic heterocycles. The van der Waals surface area contributed by atoms with Gasteiger partial charge in [-0.05, 0) is 0 Å². The predicted molar refractivity (Wildman–Crippen MR) is 52.4 cm³/mol. The van der Waals surface area contributed by atoms with Crippen molar-refractivity contribution in [2.45, 2.75) is 0 Å². The van der Waals surface area contributed by atoms with Gasteiger partial charge in [0, 0.05) is 26.2 Å². The molecule has 2 rings (SSSR count). The second-order valence-corrected chi connectivity index (χ2v) is 3.18. The van der Waals surface area contributed by atoms with Gasteiger partial charge < -0.3 is 20.8 Å². The normalized spacial score (nSPS) is 10.9. The molecule has 2 aromatic rings. The molecule has 0 bridgehead atoms. The first-order valence-corrected chi connectivity index (χ1v) is 3.96. The van der Waals surface area contributed by atoms with Crippen LogP contribution in [0.5, 0.6) is 5.88 Å². The number of rotatable bonds is 1. The Morgan fingerprint density at radius 3 is 2.77 bits per heavy atom. The molecule has 5 nitrogen and oxygen atoms in total. The van der Waals surface area contributed by atoms with E-state index in [1.54, 1.807) is 12.1 Å². The Morgan fingerprint density at radius 2 is 2.15 bits per heavy atom. The predicted octanol–water partition coefficient (Wildman–Crippen LogP) is 0.455. The molecule has 0 radical (unpaired) electrons. The highest BCUT2D eigenvalue weighted by Gasteiger charge is 2.10. The van der Waals surface area contributed by atoms with Gasteiger partial charge in [-0.3, -0.25) is 0 Å². The van der Waals surface area contributed by atoms with Crippen LogP contribution in [-0.4, -0.2) is 28.9 Å². The van der Waals surface area contributed by atoms with E-state index in [0.717, 1.165) is 11.0 Å². The van der Waals surface area contributed by atoms with E-state index in [4.69, 9.17) is 5.73 Å². The van der Waals surface area contributed by atoms with Crippen molar-refractivity contribution in [1.82, 2.24) is 9.66 Å². The van der Waals surface area contributed by atoms with E-state index in [1.165, 1.54) is 0 Å². The van der Waals surface area contributed by atoms with Crippen LogP contribution in [-0.2, 0) is 0 Å². The van der Waals surface area contributed by atoms with Gasteiger partial charge in [-0.15, -0.1) is 0 Å². The van der Waals surface area contributed by atoms with Gasteiger partial charge in [-0.25, -0.2) is 4.68 Å².